The van der Waals surface area contributed by atoms with Gasteiger partial charge in [0, 0.05) is 11.6 Å². The maximum atomic E-state index is 13.1. The van der Waals surface area contributed by atoms with Crippen molar-refractivity contribution in [2.24, 2.45) is 0 Å². The van der Waals surface area contributed by atoms with Gasteiger partial charge in [-0.05, 0) is 51.8 Å². The van der Waals surface area contributed by atoms with Gasteiger partial charge in [-0.1, -0.05) is 41.9 Å². The largest absolute Gasteiger partial charge is 0.486 e. The molecule has 26 heavy (non-hydrogen) atoms. The van der Waals surface area contributed by atoms with E-state index in [0.29, 0.717) is 26.4 Å². The average Bonchev–Trinajstić information content (AvgIpc) is 2.59. The molecule has 0 amide bonds. The van der Waals surface area contributed by atoms with Crippen molar-refractivity contribution in [2.45, 2.75) is 6.61 Å². The van der Waals surface area contributed by atoms with E-state index in [0.717, 1.165) is 0 Å². The van der Waals surface area contributed by atoms with E-state index in [2.05, 4.69) is 22.5 Å². The molecule has 2 aromatic carbocycles. The van der Waals surface area contributed by atoms with Crippen LogP contribution in [0.25, 0.3) is 6.08 Å². The fourth-order valence-corrected chi connectivity index (χ4v) is 3.17. The molecule has 0 N–H and O–H groups in total. The van der Waals surface area contributed by atoms with Crippen LogP contribution in [0.5, 0.6) is 5.75 Å². The maximum Gasteiger partial charge on any atom is 0.331 e. The van der Waals surface area contributed by atoms with Crippen LogP contribution in [0.3, 0.4) is 0 Å². The van der Waals surface area contributed by atoms with E-state index in [-0.39, 0.29) is 18.2 Å². The Bertz CT molecular complexity index is 830. The lowest BCUT2D eigenvalue weighted by atomic mass is 10.2. The van der Waals surface area contributed by atoms with Crippen molar-refractivity contribution < 1.29 is 18.7 Å². The topological polar surface area (TPSA) is 35.5 Å². The predicted molar refractivity (Wildman–Crippen MR) is 105 cm³/mol. The molecule has 2 rings (SSSR count). The molecule has 0 aliphatic carbocycles. The minimum Gasteiger partial charge on any atom is -0.486 e. The number of ether oxygens (including phenoxy) is 2. The molecule has 0 aliphatic rings. The van der Waals surface area contributed by atoms with Gasteiger partial charge < -0.3 is 9.47 Å². The molecule has 3 nitrogen and oxygen atoms in total. The van der Waals surface area contributed by atoms with Crippen molar-refractivity contribution in [1.82, 2.24) is 0 Å². The molecular weight excluding hydrogens is 446 g/mol. The van der Waals surface area contributed by atoms with Crippen LogP contribution in [0.1, 0.15) is 11.1 Å². The Labute approximate surface area is 169 Å². The normalized spacial score (nSPS) is 10.8. The number of carbonyl (C=O) groups excluding carboxylic acids is 1. The molecule has 0 fully saturated rings. The average molecular weight is 460 g/mol. The number of halogens is 4. The molecule has 0 atom stereocenters. The second-order valence-corrected chi connectivity index (χ2v) is 6.76. The molecule has 0 saturated heterocycles. The fraction of sp³-hybridized carbons (Fsp3) is 0.105. The molecule has 0 bridgehead atoms. The number of carbonyl (C=O) groups is 1. The third-order valence-corrected chi connectivity index (χ3v) is 4.38. The first-order valence-corrected chi connectivity index (χ1v) is 8.97. The number of hydrogen-bond acceptors (Lipinski definition) is 3. The Morgan fingerprint density at radius 3 is 2.65 bits per heavy atom. The lowest BCUT2D eigenvalue weighted by Gasteiger charge is -2.12. The number of hydrogen-bond donors (Lipinski definition) is 0. The summed E-state index contributed by atoms with van der Waals surface area (Å²) in [5.41, 5.74) is 1.31. The summed E-state index contributed by atoms with van der Waals surface area (Å²) in [6.07, 6.45) is 4.35. The number of benzene rings is 2. The lowest BCUT2D eigenvalue weighted by molar-refractivity contribution is -0.136. The van der Waals surface area contributed by atoms with Crippen molar-refractivity contribution in [3.63, 3.8) is 0 Å². The molecule has 0 aromatic heterocycles. The van der Waals surface area contributed by atoms with Crippen LogP contribution in [-0.2, 0) is 16.1 Å². The Hall–Kier alpha value is -1.82. The Kier molecular flexibility index (Phi) is 7.69. The monoisotopic (exact) mass is 458 g/mol. The first-order chi connectivity index (χ1) is 12.4. The highest BCUT2D eigenvalue weighted by Gasteiger charge is 2.11. The van der Waals surface area contributed by atoms with Gasteiger partial charge in [0.25, 0.3) is 0 Å². The third kappa shape index (κ3) is 5.87. The van der Waals surface area contributed by atoms with E-state index in [9.17, 15) is 9.18 Å². The van der Waals surface area contributed by atoms with E-state index >= 15 is 0 Å². The predicted octanol–water partition coefficient (Wildman–Crippen LogP) is 6.22. The first-order valence-electron chi connectivity index (χ1n) is 7.42. The maximum absolute atomic E-state index is 13.1. The van der Waals surface area contributed by atoms with Crippen molar-refractivity contribution in [3.8, 4) is 5.75 Å². The summed E-state index contributed by atoms with van der Waals surface area (Å²) in [5.74, 6) is -0.484. The van der Waals surface area contributed by atoms with E-state index in [4.69, 9.17) is 32.7 Å². The summed E-state index contributed by atoms with van der Waals surface area (Å²) in [7, 11) is 0. The van der Waals surface area contributed by atoms with E-state index in [1.807, 2.05) is 0 Å². The summed E-state index contributed by atoms with van der Waals surface area (Å²) < 4.78 is 24.2. The zero-order valence-corrected chi connectivity index (χ0v) is 16.6. The Morgan fingerprint density at radius 2 is 2.00 bits per heavy atom. The summed E-state index contributed by atoms with van der Waals surface area (Å²) >= 11 is 15.6. The quantitative estimate of drug-likeness (QED) is 0.280. The van der Waals surface area contributed by atoms with Gasteiger partial charge in [-0.2, -0.15) is 0 Å². The van der Waals surface area contributed by atoms with Crippen LogP contribution in [0, 0.1) is 5.82 Å². The van der Waals surface area contributed by atoms with Gasteiger partial charge >= 0.3 is 5.97 Å². The number of rotatable bonds is 7. The van der Waals surface area contributed by atoms with Gasteiger partial charge in [0.15, 0.2) is 5.75 Å². The molecule has 0 radical (unpaired) electrons. The van der Waals surface area contributed by atoms with Gasteiger partial charge in [-0.15, -0.1) is 0 Å². The highest BCUT2D eigenvalue weighted by Crippen LogP contribution is 2.35. The second kappa shape index (κ2) is 9.76. The second-order valence-electron chi connectivity index (χ2n) is 5.09. The molecule has 0 spiro atoms. The summed E-state index contributed by atoms with van der Waals surface area (Å²) in [4.78, 5) is 11.5. The van der Waals surface area contributed by atoms with Crippen molar-refractivity contribution in [2.75, 3.05) is 6.61 Å². The molecule has 0 saturated carbocycles. The highest BCUT2D eigenvalue weighted by molar-refractivity contribution is 9.10. The zero-order valence-electron chi connectivity index (χ0n) is 13.5. The van der Waals surface area contributed by atoms with Crippen LogP contribution in [0.2, 0.25) is 10.0 Å². The summed E-state index contributed by atoms with van der Waals surface area (Å²) in [6.45, 7) is 3.74. The SMILES string of the molecule is C=CCOC(=O)/C=C/c1cc(Cl)c(OCc2ccc(F)cc2Cl)c(Br)c1. The van der Waals surface area contributed by atoms with Crippen LogP contribution in [0.15, 0.2) is 53.5 Å². The van der Waals surface area contributed by atoms with Gasteiger partial charge in [0.05, 0.1) is 14.5 Å². The summed E-state index contributed by atoms with van der Waals surface area (Å²) in [6, 6.07) is 7.46. The third-order valence-electron chi connectivity index (χ3n) is 3.16. The van der Waals surface area contributed by atoms with Gasteiger partial charge in [-0.3, -0.25) is 0 Å². The van der Waals surface area contributed by atoms with E-state index in [1.165, 1.54) is 24.3 Å². The van der Waals surface area contributed by atoms with Gasteiger partial charge in [0.2, 0.25) is 0 Å². The van der Waals surface area contributed by atoms with Crippen LogP contribution >= 0.6 is 39.1 Å². The lowest BCUT2D eigenvalue weighted by Crippen LogP contribution is -2.00. The Balaban J connectivity index is 2.10. The minimum atomic E-state index is -0.483. The fourth-order valence-electron chi connectivity index (χ4n) is 1.96. The molecule has 7 heteroatoms. The summed E-state index contributed by atoms with van der Waals surface area (Å²) in [5, 5.41) is 0.617. The van der Waals surface area contributed by atoms with Crippen molar-refractivity contribution >= 4 is 51.2 Å². The number of esters is 1. The van der Waals surface area contributed by atoms with Crippen molar-refractivity contribution in [3.05, 3.63) is 80.5 Å². The standard InChI is InChI=1S/C19H14BrCl2FO3/c1-2-7-25-18(24)6-3-12-8-15(20)19(17(22)9-12)26-11-13-4-5-14(23)10-16(13)21/h2-6,8-10H,1,7,11H2/b6-3+. The Morgan fingerprint density at radius 1 is 1.23 bits per heavy atom. The van der Waals surface area contributed by atoms with Crippen LogP contribution < -0.4 is 4.74 Å². The van der Waals surface area contributed by atoms with Gasteiger partial charge in [0.1, 0.15) is 19.0 Å². The van der Waals surface area contributed by atoms with Crippen molar-refractivity contribution in [1.29, 1.82) is 0 Å². The first kappa shape index (κ1) is 20.5. The molecule has 136 valence electrons. The van der Waals surface area contributed by atoms with E-state index < -0.39 is 11.8 Å². The molecule has 2 aromatic rings. The minimum absolute atomic E-state index is 0.125. The zero-order chi connectivity index (χ0) is 19.1. The highest BCUT2D eigenvalue weighted by atomic mass is 79.9. The smallest absolute Gasteiger partial charge is 0.331 e. The molecule has 0 aliphatic heterocycles. The molecule has 0 unspecified atom stereocenters. The van der Waals surface area contributed by atoms with Gasteiger partial charge in [-0.25, -0.2) is 9.18 Å². The molecule has 0 heterocycles. The van der Waals surface area contributed by atoms with Crippen LogP contribution in [-0.4, -0.2) is 12.6 Å². The molecular formula is C19H14BrCl2FO3. The van der Waals surface area contributed by atoms with E-state index in [1.54, 1.807) is 24.3 Å². The van der Waals surface area contributed by atoms with Crippen LogP contribution in [0.4, 0.5) is 4.39 Å².